The molecule has 1 aromatic rings. The lowest BCUT2D eigenvalue weighted by Crippen LogP contribution is -2.53. The van der Waals surface area contributed by atoms with Crippen LogP contribution < -0.4 is 5.32 Å². The second kappa shape index (κ2) is 3.69. The summed E-state index contributed by atoms with van der Waals surface area (Å²) in [5.41, 5.74) is 1.48. The van der Waals surface area contributed by atoms with Crippen LogP contribution in [0.25, 0.3) is 0 Å². The SMILES string of the molecule is Cc1ccc(N[C@H]2CC[C@]2(C)O)cc1Cl. The Hall–Kier alpha value is -0.730. The summed E-state index contributed by atoms with van der Waals surface area (Å²) in [5, 5.41) is 13.9. The average Bonchev–Trinajstić information content (AvgIpc) is 2.18. The second-order valence-corrected chi connectivity index (χ2v) is 4.96. The Balaban J connectivity index is 2.08. The molecule has 3 heteroatoms. The van der Waals surface area contributed by atoms with E-state index in [0.717, 1.165) is 29.1 Å². The smallest absolute Gasteiger partial charge is 0.0820 e. The van der Waals surface area contributed by atoms with Gasteiger partial charge < -0.3 is 10.4 Å². The molecule has 0 spiro atoms. The van der Waals surface area contributed by atoms with Crippen LogP contribution in [0.1, 0.15) is 25.3 Å². The van der Waals surface area contributed by atoms with Crippen LogP contribution in [-0.2, 0) is 0 Å². The average molecular weight is 226 g/mol. The molecule has 0 aromatic heterocycles. The van der Waals surface area contributed by atoms with Crippen molar-refractivity contribution in [1.29, 1.82) is 0 Å². The van der Waals surface area contributed by atoms with E-state index in [9.17, 15) is 5.11 Å². The first kappa shape index (κ1) is 10.8. The highest BCUT2D eigenvalue weighted by Crippen LogP contribution is 2.34. The molecular formula is C12H16ClNO. The predicted octanol–water partition coefficient (Wildman–Crippen LogP) is 2.97. The van der Waals surface area contributed by atoms with E-state index in [2.05, 4.69) is 5.32 Å². The highest BCUT2D eigenvalue weighted by molar-refractivity contribution is 6.31. The topological polar surface area (TPSA) is 32.3 Å². The first-order chi connectivity index (χ1) is 6.99. The van der Waals surface area contributed by atoms with Crippen LogP contribution in [0.3, 0.4) is 0 Å². The maximum absolute atomic E-state index is 9.86. The Bertz CT molecular complexity index is 376. The molecule has 2 N–H and O–H groups in total. The minimum atomic E-state index is -0.572. The number of benzene rings is 1. The number of nitrogens with one attached hydrogen (secondary N) is 1. The lowest BCUT2D eigenvalue weighted by molar-refractivity contribution is -0.0286. The Kier molecular flexibility index (Phi) is 2.65. The van der Waals surface area contributed by atoms with Gasteiger partial charge in [0.2, 0.25) is 0 Å². The molecule has 1 aliphatic rings. The van der Waals surface area contributed by atoms with Crippen molar-refractivity contribution in [2.45, 2.75) is 38.3 Å². The summed E-state index contributed by atoms with van der Waals surface area (Å²) in [6, 6.07) is 6.04. The van der Waals surface area contributed by atoms with E-state index in [1.165, 1.54) is 0 Å². The van der Waals surface area contributed by atoms with Gasteiger partial charge in [0.05, 0.1) is 11.6 Å². The molecule has 2 atom stereocenters. The Morgan fingerprint density at radius 1 is 1.53 bits per heavy atom. The molecule has 0 radical (unpaired) electrons. The summed E-state index contributed by atoms with van der Waals surface area (Å²) in [6.45, 7) is 3.84. The fraction of sp³-hybridized carbons (Fsp3) is 0.500. The van der Waals surface area contributed by atoms with Crippen molar-refractivity contribution in [3.05, 3.63) is 28.8 Å². The second-order valence-electron chi connectivity index (χ2n) is 4.56. The summed E-state index contributed by atoms with van der Waals surface area (Å²) in [6.07, 6.45) is 1.88. The number of hydrogen-bond donors (Lipinski definition) is 2. The third-order valence-corrected chi connectivity index (χ3v) is 3.61. The molecule has 0 saturated heterocycles. The molecule has 2 nitrogen and oxygen atoms in total. The van der Waals surface area contributed by atoms with Crippen LogP contribution >= 0.6 is 11.6 Å². The molecule has 0 amide bonds. The molecule has 0 bridgehead atoms. The summed E-state index contributed by atoms with van der Waals surface area (Å²) < 4.78 is 0. The van der Waals surface area contributed by atoms with E-state index < -0.39 is 5.60 Å². The van der Waals surface area contributed by atoms with E-state index in [0.29, 0.717) is 0 Å². The fourth-order valence-corrected chi connectivity index (χ4v) is 2.00. The molecule has 1 aromatic carbocycles. The van der Waals surface area contributed by atoms with Crippen molar-refractivity contribution in [3.8, 4) is 0 Å². The minimum Gasteiger partial charge on any atom is -0.388 e. The standard InChI is InChI=1S/C12H16ClNO/c1-8-3-4-9(7-10(8)13)14-11-5-6-12(11,2)15/h3-4,7,11,14-15H,5-6H2,1-2H3/t11-,12-/m0/s1. The third kappa shape index (κ3) is 2.11. The zero-order chi connectivity index (χ0) is 11.1. The maximum Gasteiger partial charge on any atom is 0.0820 e. The van der Waals surface area contributed by atoms with Crippen molar-refractivity contribution < 1.29 is 5.11 Å². The van der Waals surface area contributed by atoms with Crippen molar-refractivity contribution in [2.75, 3.05) is 5.32 Å². The number of rotatable bonds is 2. The van der Waals surface area contributed by atoms with E-state index in [-0.39, 0.29) is 6.04 Å². The Labute approximate surface area is 95.3 Å². The van der Waals surface area contributed by atoms with Gasteiger partial charge in [-0.05, 0) is 44.4 Å². The van der Waals surface area contributed by atoms with Crippen LogP contribution in [0.5, 0.6) is 0 Å². The van der Waals surface area contributed by atoms with Gasteiger partial charge in [0.15, 0.2) is 0 Å². The molecule has 82 valence electrons. The zero-order valence-electron chi connectivity index (χ0n) is 9.05. The Morgan fingerprint density at radius 3 is 2.73 bits per heavy atom. The van der Waals surface area contributed by atoms with Gasteiger partial charge in [-0.25, -0.2) is 0 Å². The number of aliphatic hydroxyl groups is 1. The van der Waals surface area contributed by atoms with Crippen LogP contribution in [0.4, 0.5) is 5.69 Å². The molecule has 0 heterocycles. The lowest BCUT2D eigenvalue weighted by Gasteiger charge is -2.43. The van der Waals surface area contributed by atoms with Gasteiger partial charge in [-0.15, -0.1) is 0 Å². The normalized spacial score (nSPS) is 29.7. The molecule has 1 aliphatic carbocycles. The first-order valence-corrected chi connectivity index (χ1v) is 5.62. The molecular weight excluding hydrogens is 210 g/mol. The lowest BCUT2D eigenvalue weighted by atomic mass is 9.76. The van der Waals surface area contributed by atoms with Crippen molar-refractivity contribution in [1.82, 2.24) is 0 Å². The van der Waals surface area contributed by atoms with Gasteiger partial charge in [0.1, 0.15) is 0 Å². The summed E-state index contributed by atoms with van der Waals surface area (Å²) >= 11 is 6.03. The van der Waals surface area contributed by atoms with Gasteiger partial charge >= 0.3 is 0 Å². The molecule has 0 aliphatic heterocycles. The number of aryl methyl sites for hydroxylation is 1. The maximum atomic E-state index is 9.86. The largest absolute Gasteiger partial charge is 0.388 e. The molecule has 1 fully saturated rings. The van der Waals surface area contributed by atoms with Gasteiger partial charge in [-0.1, -0.05) is 17.7 Å². The predicted molar refractivity (Wildman–Crippen MR) is 63.5 cm³/mol. The van der Waals surface area contributed by atoms with Gasteiger partial charge in [0, 0.05) is 10.7 Å². The van der Waals surface area contributed by atoms with Crippen LogP contribution in [0.2, 0.25) is 5.02 Å². The molecule has 2 rings (SSSR count). The molecule has 1 saturated carbocycles. The van der Waals surface area contributed by atoms with Crippen LogP contribution in [-0.4, -0.2) is 16.7 Å². The summed E-state index contributed by atoms with van der Waals surface area (Å²) in [4.78, 5) is 0. The van der Waals surface area contributed by atoms with Gasteiger partial charge in [-0.3, -0.25) is 0 Å². The van der Waals surface area contributed by atoms with E-state index >= 15 is 0 Å². The number of anilines is 1. The number of hydrogen-bond acceptors (Lipinski definition) is 2. The molecule has 15 heavy (non-hydrogen) atoms. The fourth-order valence-electron chi connectivity index (χ4n) is 1.82. The van der Waals surface area contributed by atoms with E-state index in [1.807, 2.05) is 32.0 Å². The highest BCUT2D eigenvalue weighted by atomic mass is 35.5. The highest BCUT2D eigenvalue weighted by Gasteiger charge is 2.40. The van der Waals surface area contributed by atoms with Crippen molar-refractivity contribution in [3.63, 3.8) is 0 Å². The van der Waals surface area contributed by atoms with E-state index in [1.54, 1.807) is 0 Å². The van der Waals surface area contributed by atoms with Gasteiger partial charge in [-0.2, -0.15) is 0 Å². The Morgan fingerprint density at radius 2 is 2.27 bits per heavy atom. The number of halogens is 1. The van der Waals surface area contributed by atoms with Crippen LogP contribution in [0, 0.1) is 6.92 Å². The first-order valence-electron chi connectivity index (χ1n) is 5.24. The van der Waals surface area contributed by atoms with Crippen molar-refractivity contribution >= 4 is 17.3 Å². The van der Waals surface area contributed by atoms with E-state index in [4.69, 9.17) is 11.6 Å². The quantitative estimate of drug-likeness (QED) is 0.811. The summed E-state index contributed by atoms with van der Waals surface area (Å²) in [5.74, 6) is 0. The summed E-state index contributed by atoms with van der Waals surface area (Å²) in [7, 11) is 0. The zero-order valence-corrected chi connectivity index (χ0v) is 9.80. The molecule has 0 unspecified atom stereocenters. The minimum absolute atomic E-state index is 0.149. The monoisotopic (exact) mass is 225 g/mol. The van der Waals surface area contributed by atoms with Crippen molar-refractivity contribution in [2.24, 2.45) is 0 Å². The van der Waals surface area contributed by atoms with Gasteiger partial charge in [0.25, 0.3) is 0 Å². The van der Waals surface area contributed by atoms with Crippen LogP contribution in [0.15, 0.2) is 18.2 Å². The third-order valence-electron chi connectivity index (χ3n) is 3.20.